The fourth-order valence-corrected chi connectivity index (χ4v) is 2.95. The number of nitrogens with zero attached hydrogens (tertiary/aromatic N) is 1. The Morgan fingerprint density at radius 2 is 1.72 bits per heavy atom. The van der Waals surface area contributed by atoms with Gasteiger partial charge in [0.2, 0.25) is 0 Å². The summed E-state index contributed by atoms with van der Waals surface area (Å²) in [6.07, 6.45) is 1.97. The van der Waals surface area contributed by atoms with Crippen molar-refractivity contribution in [3.63, 3.8) is 0 Å². The zero-order chi connectivity index (χ0) is 18.6. The van der Waals surface area contributed by atoms with E-state index >= 15 is 0 Å². The number of benzene rings is 1. The van der Waals surface area contributed by atoms with Crippen molar-refractivity contribution in [2.24, 2.45) is 5.92 Å². The molecule has 1 fully saturated rings. The van der Waals surface area contributed by atoms with Crippen molar-refractivity contribution in [1.29, 1.82) is 0 Å². The number of carboxylic acids is 1. The smallest absolute Gasteiger partial charge is 0.306 e. The maximum atomic E-state index is 12.5. The summed E-state index contributed by atoms with van der Waals surface area (Å²) in [5.74, 6) is -1.45. The van der Waals surface area contributed by atoms with Crippen molar-refractivity contribution in [2.45, 2.75) is 31.7 Å². The van der Waals surface area contributed by atoms with Crippen LogP contribution >= 0.6 is 0 Å². The molecule has 1 aliphatic rings. The van der Waals surface area contributed by atoms with E-state index in [2.05, 4.69) is 5.32 Å². The molecule has 9 nitrogen and oxygen atoms in total. The van der Waals surface area contributed by atoms with Gasteiger partial charge in [-0.05, 0) is 25.7 Å². The first-order valence-corrected chi connectivity index (χ1v) is 7.81. The zero-order valence-corrected chi connectivity index (χ0v) is 14.0. The highest BCUT2D eigenvalue weighted by molar-refractivity contribution is 5.99. The minimum absolute atomic E-state index is 0.122. The quantitative estimate of drug-likeness (QED) is 0.592. The number of carboxylic acid groups (broad SMARTS) is 1. The minimum atomic E-state index is -0.833. The average Bonchev–Trinajstić information content (AvgIpc) is 2.60. The first-order chi connectivity index (χ1) is 11.9. The molecule has 0 unspecified atom stereocenters. The van der Waals surface area contributed by atoms with Gasteiger partial charge in [0.1, 0.15) is 5.56 Å². The molecule has 1 amide bonds. The molecule has 0 aliphatic heterocycles. The topological polar surface area (TPSA) is 128 Å². The van der Waals surface area contributed by atoms with Crippen molar-refractivity contribution >= 4 is 17.6 Å². The molecule has 1 aromatic carbocycles. The van der Waals surface area contributed by atoms with E-state index in [1.54, 1.807) is 0 Å². The standard InChI is InChI=1S/C16H20N2O7/c1-24-13-7-11(12(18(22)23)8-14(13)25-2)15(19)17-10-5-3-9(4-6-10)16(20)21/h7-10H,3-6H2,1-2H3,(H,17,19)(H,20,21). The number of nitrogens with one attached hydrogen (secondary N) is 1. The van der Waals surface area contributed by atoms with Crippen LogP contribution in [-0.2, 0) is 4.79 Å². The molecule has 2 rings (SSSR count). The number of carbonyl (C=O) groups excluding carboxylic acids is 1. The number of hydrogen-bond donors (Lipinski definition) is 2. The van der Waals surface area contributed by atoms with Gasteiger partial charge in [-0.15, -0.1) is 0 Å². The van der Waals surface area contributed by atoms with Crippen LogP contribution in [0.2, 0.25) is 0 Å². The van der Waals surface area contributed by atoms with Crippen LogP contribution in [0.3, 0.4) is 0 Å². The maximum absolute atomic E-state index is 12.5. The van der Waals surface area contributed by atoms with Gasteiger partial charge in [-0.25, -0.2) is 0 Å². The Morgan fingerprint density at radius 3 is 2.20 bits per heavy atom. The van der Waals surface area contributed by atoms with Crippen LogP contribution in [0.25, 0.3) is 0 Å². The summed E-state index contributed by atoms with van der Waals surface area (Å²) >= 11 is 0. The Labute approximate surface area is 144 Å². The molecule has 0 atom stereocenters. The summed E-state index contributed by atoms with van der Waals surface area (Å²) in [7, 11) is 2.72. The molecule has 0 spiro atoms. The van der Waals surface area contributed by atoms with E-state index in [9.17, 15) is 19.7 Å². The van der Waals surface area contributed by atoms with Gasteiger partial charge in [0, 0.05) is 12.1 Å². The van der Waals surface area contributed by atoms with Crippen LogP contribution in [-0.4, -0.2) is 42.2 Å². The Balaban J connectivity index is 2.18. The molecule has 0 radical (unpaired) electrons. The van der Waals surface area contributed by atoms with Crippen molar-refractivity contribution < 1.29 is 29.1 Å². The normalized spacial score (nSPS) is 19.8. The van der Waals surface area contributed by atoms with Gasteiger partial charge in [-0.3, -0.25) is 19.7 Å². The van der Waals surface area contributed by atoms with E-state index in [1.165, 1.54) is 20.3 Å². The van der Waals surface area contributed by atoms with Gasteiger partial charge in [0.15, 0.2) is 11.5 Å². The largest absolute Gasteiger partial charge is 0.493 e. The number of methoxy groups -OCH3 is 2. The minimum Gasteiger partial charge on any atom is -0.493 e. The van der Waals surface area contributed by atoms with E-state index in [0.717, 1.165) is 6.07 Å². The lowest BCUT2D eigenvalue weighted by Crippen LogP contribution is -2.39. The Hall–Kier alpha value is -2.84. The highest BCUT2D eigenvalue weighted by Gasteiger charge is 2.29. The molecule has 1 saturated carbocycles. The van der Waals surface area contributed by atoms with Gasteiger partial charge in [0.05, 0.1) is 31.1 Å². The third-order valence-corrected chi connectivity index (χ3v) is 4.35. The number of rotatable bonds is 6. The second kappa shape index (κ2) is 7.82. The van der Waals surface area contributed by atoms with E-state index in [1.807, 2.05) is 0 Å². The number of hydrogen-bond acceptors (Lipinski definition) is 6. The molecule has 25 heavy (non-hydrogen) atoms. The molecule has 0 aromatic heterocycles. The van der Waals surface area contributed by atoms with Crippen LogP contribution in [0.15, 0.2) is 12.1 Å². The second-order valence-corrected chi connectivity index (χ2v) is 5.84. The number of nitro groups is 1. The third-order valence-electron chi connectivity index (χ3n) is 4.35. The lowest BCUT2D eigenvalue weighted by atomic mass is 9.86. The van der Waals surface area contributed by atoms with Gasteiger partial charge >= 0.3 is 5.97 Å². The molecule has 0 bridgehead atoms. The molecule has 1 aromatic rings. The summed E-state index contributed by atoms with van der Waals surface area (Å²) in [6.45, 7) is 0. The SMILES string of the molecule is COc1cc(C(=O)NC2CCC(C(=O)O)CC2)c([N+](=O)[O-])cc1OC. The number of amides is 1. The summed E-state index contributed by atoms with van der Waals surface area (Å²) < 4.78 is 10.1. The highest BCUT2D eigenvalue weighted by atomic mass is 16.6. The number of carbonyl (C=O) groups is 2. The Morgan fingerprint density at radius 1 is 1.16 bits per heavy atom. The molecule has 2 N–H and O–H groups in total. The fraction of sp³-hybridized carbons (Fsp3) is 0.500. The van der Waals surface area contributed by atoms with E-state index < -0.39 is 22.7 Å². The highest BCUT2D eigenvalue weighted by Crippen LogP contribution is 2.34. The molecular formula is C16H20N2O7. The van der Waals surface area contributed by atoms with Gasteiger partial charge in [-0.2, -0.15) is 0 Å². The van der Waals surface area contributed by atoms with Crippen LogP contribution in [0.1, 0.15) is 36.0 Å². The van der Waals surface area contributed by atoms with Crippen LogP contribution in [0, 0.1) is 16.0 Å². The Kier molecular flexibility index (Phi) is 5.79. The molecule has 1 aliphatic carbocycles. The lowest BCUT2D eigenvalue weighted by molar-refractivity contribution is -0.385. The third kappa shape index (κ3) is 4.17. The van der Waals surface area contributed by atoms with Gasteiger partial charge in [0.25, 0.3) is 11.6 Å². The van der Waals surface area contributed by atoms with Crippen molar-refractivity contribution in [3.8, 4) is 11.5 Å². The first-order valence-electron chi connectivity index (χ1n) is 7.81. The summed E-state index contributed by atoms with van der Waals surface area (Å²) in [4.78, 5) is 34.1. The Bertz CT molecular complexity index is 681. The predicted octanol–water partition coefficient (Wildman–Crippen LogP) is 1.99. The predicted molar refractivity (Wildman–Crippen MR) is 87.0 cm³/mol. The zero-order valence-electron chi connectivity index (χ0n) is 14.0. The van der Waals surface area contributed by atoms with Crippen LogP contribution in [0.5, 0.6) is 11.5 Å². The molecule has 0 saturated heterocycles. The summed E-state index contributed by atoms with van der Waals surface area (Å²) in [5, 5.41) is 23.0. The van der Waals surface area contributed by atoms with E-state index in [4.69, 9.17) is 14.6 Å². The van der Waals surface area contributed by atoms with E-state index in [0.29, 0.717) is 25.7 Å². The summed E-state index contributed by atoms with van der Waals surface area (Å²) in [5.41, 5.74) is -0.502. The lowest BCUT2D eigenvalue weighted by Gasteiger charge is -2.26. The molecule has 136 valence electrons. The van der Waals surface area contributed by atoms with Crippen molar-refractivity contribution in [2.75, 3.05) is 14.2 Å². The molecule has 9 heteroatoms. The van der Waals surface area contributed by atoms with Crippen LogP contribution < -0.4 is 14.8 Å². The number of aliphatic carboxylic acids is 1. The van der Waals surface area contributed by atoms with Crippen LogP contribution in [0.4, 0.5) is 5.69 Å². The second-order valence-electron chi connectivity index (χ2n) is 5.84. The average molecular weight is 352 g/mol. The molecular weight excluding hydrogens is 332 g/mol. The van der Waals surface area contributed by atoms with Crippen molar-refractivity contribution in [1.82, 2.24) is 5.32 Å². The summed E-state index contributed by atoms with van der Waals surface area (Å²) in [6, 6.07) is 2.21. The number of ether oxygens (including phenoxy) is 2. The first kappa shape index (κ1) is 18.5. The fourth-order valence-electron chi connectivity index (χ4n) is 2.95. The molecule has 0 heterocycles. The maximum Gasteiger partial charge on any atom is 0.306 e. The number of nitro benzene ring substituents is 1. The monoisotopic (exact) mass is 352 g/mol. The van der Waals surface area contributed by atoms with Gasteiger partial charge in [-0.1, -0.05) is 0 Å². The van der Waals surface area contributed by atoms with E-state index in [-0.39, 0.29) is 28.8 Å². The van der Waals surface area contributed by atoms with Gasteiger partial charge < -0.3 is 19.9 Å². The van der Waals surface area contributed by atoms with Crippen molar-refractivity contribution in [3.05, 3.63) is 27.8 Å².